The van der Waals surface area contributed by atoms with Crippen LogP contribution in [0.2, 0.25) is 5.02 Å². The standard InChI is InChI=1S/C13H15ClN4O4S/c14-9-4-8(12(19)11(5-9)18(20)21)6-16-17-13(23)15-7-10-2-1-3-22-10/h4-6,10,19H,1-3,7H2,(H2,15,17,23)/b16-6+/t10-/m0/s1. The third-order valence-electron chi connectivity index (χ3n) is 3.16. The van der Waals surface area contributed by atoms with Crippen LogP contribution in [0, 0.1) is 10.1 Å². The molecular weight excluding hydrogens is 344 g/mol. The Morgan fingerprint density at radius 2 is 2.43 bits per heavy atom. The second-order valence-electron chi connectivity index (χ2n) is 4.83. The van der Waals surface area contributed by atoms with Crippen LogP contribution in [-0.4, -0.2) is 40.6 Å². The average molecular weight is 359 g/mol. The molecule has 3 N–H and O–H groups in total. The van der Waals surface area contributed by atoms with Crippen molar-refractivity contribution in [3.63, 3.8) is 0 Å². The van der Waals surface area contributed by atoms with E-state index in [9.17, 15) is 15.2 Å². The zero-order chi connectivity index (χ0) is 16.8. The lowest BCUT2D eigenvalue weighted by Gasteiger charge is -2.11. The topological polar surface area (TPSA) is 109 Å². The second-order valence-corrected chi connectivity index (χ2v) is 5.68. The summed E-state index contributed by atoms with van der Waals surface area (Å²) in [6.45, 7) is 1.34. The fourth-order valence-corrected chi connectivity index (χ4v) is 2.41. The third-order valence-corrected chi connectivity index (χ3v) is 3.62. The number of ether oxygens (including phenoxy) is 1. The molecule has 0 amide bonds. The predicted molar refractivity (Wildman–Crippen MR) is 90.1 cm³/mol. The SMILES string of the molecule is O=[N+]([O-])c1cc(Cl)cc(/C=N/NC(=S)NC[C@@H]2CCCO2)c1O. The molecule has 10 heteroatoms. The van der Waals surface area contributed by atoms with Crippen molar-refractivity contribution in [1.29, 1.82) is 0 Å². The highest BCUT2D eigenvalue weighted by atomic mass is 35.5. The summed E-state index contributed by atoms with van der Waals surface area (Å²) in [7, 11) is 0. The number of thiocarbonyl (C=S) groups is 1. The summed E-state index contributed by atoms with van der Waals surface area (Å²) in [4.78, 5) is 10.1. The van der Waals surface area contributed by atoms with Gasteiger partial charge in [0, 0.05) is 29.8 Å². The minimum absolute atomic E-state index is 0.110. The number of hydrazone groups is 1. The molecule has 1 atom stereocenters. The Bertz CT molecular complexity index is 635. The van der Waals surface area contributed by atoms with Crippen molar-refractivity contribution < 1.29 is 14.8 Å². The van der Waals surface area contributed by atoms with Crippen LogP contribution < -0.4 is 10.7 Å². The number of nitro benzene ring substituents is 1. The smallest absolute Gasteiger partial charge is 0.312 e. The maximum Gasteiger partial charge on any atom is 0.312 e. The van der Waals surface area contributed by atoms with Crippen molar-refractivity contribution in [1.82, 2.24) is 10.7 Å². The van der Waals surface area contributed by atoms with Gasteiger partial charge in [0.2, 0.25) is 5.75 Å². The van der Waals surface area contributed by atoms with Gasteiger partial charge in [-0.25, -0.2) is 0 Å². The van der Waals surface area contributed by atoms with Crippen molar-refractivity contribution in [2.75, 3.05) is 13.2 Å². The molecular formula is C13H15ClN4O4S. The van der Waals surface area contributed by atoms with Gasteiger partial charge in [-0.05, 0) is 31.1 Å². The summed E-state index contributed by atoms with van der Waals surface area (Å²) in [6.07, 6.45) is 3.36. The molecule has 0 aromatic heterocycles. The van der Waals surface area contributed by atoms with Crippen LogP contribution in [-0.2, 0) is 4.74 Å². The second kappa shape index (κ2) is 8.04. The minimum Gasteiger partial charge on any atom is -0.502 e. The largest absolute Gasteiger partial charge is 0.502 e. The van der Waals surface area contributed by atoms with Gasteiger partial charge in [0.05, 0.1) is 17.2 Å². The summed E-state index contributed by atoms with van der Waals surface area (Å²) in [6, 6.07) is 2.42. The van der Waals surface area contributed by atoms with Gasteiger partial charge in [-0.15, -0.1) is 0 Å². The molecule has 23 heavy (non-hydrogen) atoms. The fraction of sp³-hybridized carbons (Fsp3) is 0.385. The number of benzene rings is 1. The number of halogens is 1. The van der Waals surface area contributed by atoms with E-state index in [1.54, 1.807) is 0 Å². The number of rotatable bonds is 5. The van der Waals surface area contributed by atoms with E-state index in [-0.39, 0.29) is 21.8 Å². The molecule has 0 unspecified atom stereocenters. The summed E-state index contributed by atoms with van der Waals surface area (Å²) in [5, 5.41) is 27.8. The molecule has 0 saturated carbocycles. The van der Waals surface area contributed by atoms with E-state index in [4.69, 9.17) is 28.6 Å². The zero-order valence-corrected chi connectivity index (χ0v) is 13.6. The molecule has 1 saturated heterocycles. The predicted octanol–water partition coefficient (Wildman–Crippen LogP) is 1.93. The van der Waals surface area contributed by atoms with E-state index < -0.39 is 16.4 Å². The van der Waals surface area contributed by atoms with Crippen molar-refractivity contribution in [2.45, 2.75) is 18.9 Å². The number of nitrogens with one attached hydrogen (secondary N) is 2. The Hall–Kier alpha value is -1.97. The molecule has 0 spiro atoms. The first kappa shape index (κ1) is 17.4. The van der Waals surface area contributed by atoms with Crippen LogP contribution in [0.15, 0.2) is 17.2 Å². The van der Waals surface area contributed by atoms with Crippen molar-refractivity contribution in [2.24, 2.45) is 5.10 Å². The highest BCUT2D eigenvalue weighted by molar-refractivity contribution is 7.80. The Morgan fingerprint density at radius 1 is 1.65 bits per heavy atom. The highest BCUT2D eigenvalue weighted by Crippen LogP contribution is 2.32. The van der Waals surface area contributed by atoms with Gasteiger partial charge in [-0.1, -0.05) is 11.6 Å². The van der Waals surface area contributed by atoms with Gasteiger partial charge in [0.15, 0.2) is 5.11 Å². The van der Waals surface area contributed by atoms with Crippen LogP contribution in [0.5, 0.6) is 5.75 Å². The fourth-order valence-electron chi connectivity index (χ4n) is 2.05. The number of aromatic hydroxyl groups is 1. The van der Waals surface area contributed by atoms with E-state index in [1.807, 2.05) is 0 Å². The van der Waals surface area contributed by atoms with Crippen molar-refractivity contribution in [3.05, 3.63) is 32.8 Å². The lowest BCUT2D eigenvalue weighted by molar-refractivity contribution is -0.385. The van der Waals surface area contributed by atoms with E-state index in [0.29, 0.717) is 6.54 Å². The number of nitro groups is 1. The van der Waals surface area contributed by atoms with Gasteiger partial charge in [0.25, 0.3) is 0 Å². The summed E-state index contributed by atoms with van der Waals surface area (Å²) >= 11 is 10.8. The van der Waals surface area contributed by atoms with E-state index in [2.05, 4.69) is 15.8 Å². The Morgan fingerprint density at radius 3 is 3.09 bits per heavy atom. The van der Waals surface area contributed by atoms with Crippen LogP contribution in [0.25, 0.3) is 0 Å². The molecule has 124 valence electrons. The average Bonchev–Trinajstić information content (AvgIpc) is 3.01. The number of phenolic OH excluding ortho intramolecular Hbond substituents is 1. The number of hydrogen-bond donors (Lipinski definition) is 3. The van der Waals surface area contributed by atoms with Crippen LogP contribution in [0.3, 0.4) is 0 Å². The lowest BCUT2D eigenvalue weighted by Crippen LogP contribution is -2.37. The molecule has 1 aliphatic rings. The molecule has 8 nitrogen and oxygen atoms in total. The van der Waals surface area contributed by atoms with Crippen molar-refractivity contribution in [3.8, 4) is 5.75 Å². The first-order chi connectivity index (χ1) is 11.0. The van der Waals surface area contributed by atoms with Gasteiger partial charge < -0.3 is 15.2 Å². The van der Waals surface area contributed by atoms with Crippen LogP contribution >= 0.6 is 23.8 Å². The maximum atomic E-state index is 10.8. The Balaban J connectivity index is 1.92. The van der Waals surface area contributed by atoms with Gasteiger partial charge in [-0.3, -0.25) is 15.5 Å². The molecule has 1 heterocycles. The Kier molecular flexibility index (Phi) is 6.08. The molecule has 0 bridgehead atoms. The number of nitrogens with zero attached hydrogens (tertiary/aromatic N) is 2. The van der Waals surface area contributed by atoms with Gasteiger partial charge >= 0.3 is 5.69 Å². The van der Waals surface area contributed by atoms with E-state index in [1.165, 1.54) is 12.3 Å². The molecule has 1 fully saturated rings. The van der Waals surface area contributed by atoms with Gasteiger partial charge in [0.1, 0.15) is 0 Å². The molecule has 1 aromatic rings. The first-order valence-electron chi connectivity index (χ1n) is 6.83. The molecule has 2 rings (SSSR count). The van der Waals surface area contributed by atoms with E-state index in [0.717, 1.165) is 25.5 Å². The van der Waals surface area contributed by atoms with Gasteiger partial charge in [-0.2, -0.15) is 5.10 Å². The maximum absolute atomic E-state index is 10.8. The summed E-state index contributed by atoms with van der Waals surface area (Å²) < 4.78 is 5.44. The molecule has 0 aliphatic carbocycles. The lowest BCUT2D eigenvalue weighted by atomic mass is 10.2. The quantitative estimate of drug-likeness (QED) is 0.319. The Labute approximate surface area is 142 Å². The van der Waals surface area contributed by atoms with E-state index >= 15 is 0 Å². The van der Waals surface area contributed by atoms with Crippen molar-refractivity contribution >= 4 is 40.8 Å². The minimum atomic E-state index is -0.722. The summed E-state index contributed by atoms with van der Waals surface area (Å²) in [5.74, 6) is -0.511. The zero-order valence-electron chi connectivity index (χ0n) is 12.0. The highest BCUT2D eigenvalue weighted by Gasteiger charge is 2.18. The normalized spacial score (nSPS) is 17.3. The number of hydrogen-bond acceptors (Lipinski definition) is 6. The van der Waals surface area contributed by atoms with Crippen LogP contribution in [0.1, 0.15) is 18.4 Å². The summed E-state index contributed by atoms with van der Waals surface area (Å²) in [5.41, 5.74) is 2.18. The third kappa shape index (κ3) is 5.02. The molecule has 1 aliphatic heterocycles. The number of phenols is 1. The molecule has 0 radical (unpaired) electrons. The molecule has 1 aromatic carbocycles. The van der Waals surface area contributed by atoms with Crippen LogP contribution in [0.4, 0.5) is 5.69 Å². The first-order valence-corrected chi connectivity index (χ1v) is 7.61. The monoisotopic (exact) mass is 358 g/mol.